The second-order valence-electron chi connectivity index (χ2n) is 4.96. The summed E-state index contributed by atoms with van der Waals surface area (Å²) < 4.78 is 0. The number of carbonyl (C=O) groups is 2. The smallest absolute Gasteiger partial charge is 0.326 e. The van der Waals surface area contributed by atoms with Gasteiger partial charge < -0.3 is 14.9 Å². The summed E-state index contributed by atoms with van der Waals surface area (Å²) in [4.78, 5) is 30.6. The summed E-state index contributed by atoms with van der Waals surface area (Å²) >= 11 is 0. The van der Waals surface area contributed by atoms with Gasteiger partial charge in [-0.2, -0.15) is 0 Å². The number of nitrogens with zero attached hydrogens (tertiary/aromatic N) is 3. The molecular formula is C14H19N3O3. The fourth-order valence-electron chi connectivity index (χ4n) is 2.40. The van der Waals surface area contributed by atoms with Gasteiger partial charge in [-0.25, -0.2) is 9.59 Å². The van der Waals surface area contributed by atoms with Crippen LogP contribution in [0.1, 0.15) is 18.5 Å². The van der Waals surface area contributed by atoms with E-state index in [1.54, 1.807) is 18.1 Å². The van der Waals surface area contributed by atoms with E-state index in [-0.39, 0.29) is 6.03 Å². The van der Waals surface area contributed by atoms with Crippen molar-refractivity contribution in [2.45, 2.75) is 25.3 Å². The molecule has 1 aromatic rings. The van der Waals surface area contributed by atoms with E-state index in [0.29, 0.717) is 25.9 Å². The molecule has 0 saturated carbocycles. The molecule has 20 heavy (non-hydrogen) atoms. The predicted octanol–water partition coefficient (Wildman–Crippen LogP) is 1.22. The molecule has 1 aromatic heterocycles. The maximum atomic E-state index is 12.2. The van der Waals surface area contributed by atoms with Crippen molar-refractivity contribution < 1.29 is 14.7 Å². The van der Waals surface area contributed by atoms with E-state index in [0.717, 1.165) is 12.1 Å². The maximum Gasteiger partial charge on any atom is 0.326 e. The molecular weight excluding hydrogens is 258 g/mol. The average Bonchev–Trinajstić information content (AvgIpc) is 2.94. The molecule has 1 aliphatic rings. The van der Waals surface area contributed by atoms with Gasteiger partial charge in [0.25, 0.3) is 0 Å². The second kappa shape index (κ2) is 6.36. The Labute approximate surface area is 118 Å². The number of carboxylic acid groups (broad SMARTS) is 1. The summed E-state index contributed by atoms with van der Waals surface area (Å²) in [5, 5.41) is 9.10. The summed E-state index contributed by atoms with van der Waals surface area (Å²) in [5.74, 6) is -0.922. The van der Waals surface area contributed by atoms with Crippen LogP contribution < -0.4 is 0 Å². The first-order chi connectivity index (χ1) is 9.59. The Bertz CT molecular complexity index is 478. The lowest BCUT2D eigenvalue weighted by Gasteiger charge is -2.27. The molecule has 0 aliphatic carbocycles. The first kappa shape index (κ1) is 14.3. The second-order valence-corrected chi connectivity index (χ2v) is 4.96. The normalized spacial score (nSPS) is 18.1. The summed E-state index contributed by atoms with van der Waals surface area (Å²) in [5.41, 5.74) is 0.920. The summed E-state index contributed by atoms with van der Waals surface area (Å²) in [7, 11) is 1.70. The largest absolute Gasteiger partial charge is 0.480 e. The fourth-order valence-corrected chi connectivity index (χ4v) is 2.40. The predicted molar refractivity (Wildman–Crippen MR) is 73.3 cm³/mol. The Morgan fingerprint density at radius 1 is 1.50 bits per heavy atom. The molecule has 0 bridgehead atoms. The standard InChI is InChI=1S/C14H19N3O3/c1-16(10-7-11-5-2-3-8-15-11)14(20)17-9-4-6-12(17)13(18)19/h2-3,5,8,12H,4,6-7,9-10H2,1H3,(H,18,19). The van der Waals surface area contributed by atoms with Gasteiger partial charge in [0.2, 0.25) is 0 Å². The zero-order valence-corrected chi connectivity index (χ0v) is 11.5. The highest BCUT2D eigenvalue weighted by atomic mass is 16.4. The monoisotopic (exact) mass is 277 g/mol. The van der Waals surface area contributed by atoms with Crippen molar-refractivity contribution >= 4 is 12.0 Å². The minimum atomic E-state index is -0.922. The van der Waals surface area contributed by atoms with Crippen LogP contribution in [0, 0.1) is 0 Å². The Hall–Kier alpha value is -2.11. The summed E-state index contributed by atoms with van der Waals surface area (Å²) in [6, 6.07) is 4.77. The van der Waals surface area contributed by atoms with Crippen LogP contribution in [0.25, 0.3) is 0 Å². The lowest BCUT2D eigenvalue weighted by molar-refractivity contribution is -0.141. The fraction of sp³-hybridized carbons (Fsp3) is 0.500. The molecule has 2 amide bonds. The molecule has 1 saturated heterocycles. The van der Waals surface area contributed by atoms with Crippen LogP contribution >= 0.6 is 0 Å². The number of aromatic nitrogens is 1. The number of rotatable bonds is 4. The number of carboxylic acids is 1. The molecule has 2 rings (SSSR count). The van der Waals surface area contributed by atoms with Crippen molar-refractivity contribution in [2.75, 3.05) is 20.1 Å². The van der Waals surface area contributed by atoms with Gasteiger partial charge in [-0.1, -0.05) is 6.07 Å². The zero-order chi connectivity index (χ0) is 14.5. The quantitative estimate of drug-likeness (QED) is 0.898. The lowest BCUT2D eigenvalue weighted by atomic mass is 10.2. The number of pyridine rings is 1. The van der Waals surface area contributed by atoms with Gasteiger partial charge in [0.05, 0.1) is 0 Å². The van der Waals surface area contributed by atoms with Crippen molar-refractivity contribution in [1.29, 1.82) is 0 Å². The third-order valence-corrected chi connectivity index (χ3v) is 3.54. The van der Waals surface area contributed by atoms with Gasteiger partial charge in [0.1, 0.15) is 6.04 Å². The molecule has 1 aliphatic heterocycles. The number of hydrogen-bond donors (Lipinski definition) is 1. The van der Waals surface area contributed by atoms with Gasteiger partial charge in [-0.15, -0.1) is 0 Å². The highest BCUT2D eigenvalue weighted by molar-refractivity contribution is 5.83. The van der Waals surface area contributed by atoms with Crippen LogP contribution in [-0.4, -0.2) is 58.1 Å². The molecule has 6 nitrogen and oxygen atoms in total. The van der Waals surface area contributed by atoms with Crippen molar-refractivity contribution in [3.63, 3.8) is 0 Å². The first-order valence-electron chi connectivity index (χ1n) is 6.74. The minimum absolute atomic E-state index is 0.217. The summed E-state index contributed by atoms with van der Waals surface area (Å²) in [6.45, 7) is 1.04. The van der Waals surface area contributed by atoms with Crippen molar-refractivity contribution in [2.24, 2.45) is 0 Å². The molecule has 0 spiro atoms. The number of urea groups is 1. The topological polar surface area (TPSA) is 73.7 Å². The molecule has 1 fully saturated rings. The number of hydrogen-bond acceptors (Lipinski definition) is 3. The molecule has 6 heteroatoms. The van der Waals surface area contributed by atoms with Gasteiger partial charge >= 0.3 is 12.0 Å². The van der Waals surface area contributed by atoms with E-state index in [4.69, 9.17) is 5.11 Å². The number of likely N-dealkylation sites (tertiary alicyclic amines) is 1. The number of carbonyl (C=O) groups excluding carboxylic acids is 1. The average molecular weight is 277 g/mol. The first-order valence-corrected chi connectivity index (χ1v) is 6.74. The molecule has 1 N–H and O–H groups in total. The Morgan fingerprint density at radius 3 is 2.95 bits per heavy atom. The van der Waals surface area contributed by atoms with E-state index < -0.39 is 12.0 Å². The number of amides is 2. The van der Waals surface area contributed by atoms with Gasteiger partial charge in [-0.05, 0) is 25.0 Å². The lowest BCUT2D eigenvalue weighted by Crippen LogP contribution is -2.47. The van der Waals surface area contributed by atoms with Crippen molar-refractivity contribution in [3.05, 3.63) is 30.1 Å². The van der Waals surface area contributed by atoms with Crippen LogP contribution in [0.15, 0.2) is 24.4 Å². The van der Waals surface area contributed by atoms with E-state index in [1.165, 1.54) is 4.90 Å². The Balaban J connectivity index is 1.90. The van der Waals surface area contributed by atoms with Crippen molar-refractivity contribution in [3.8, 4) is 0 Å². The Morgan fingerprint density at radius 2 is 2.30 bits per heavy atom. The number of likely N-dealkylation sites (N-methyl/N-ethyl adjacent to an activating group) is 1. The third kappa shape index (κ3) is 3.26. The van der Waals surface area contributed by atoms with Crippen LogP contribution in [0.5, 0.6) is 0 Å². The number of aliphatic carboxylic acids is 1. The van der Waals surface area contributed by atoms with E-state index >= 15 is 0 Å². The molecule has 1 unspecified atom stereocenters. The van der Waals surface area contributed by atoms with E-state index in [1.807, 2.05) is 18.2 Å². The molecule has 0 radical (unpaired) electrons. The van der Waals surface area contributed by atoms with Gasteiger partial charge in [-0.3, -0.25) is 4.98 Å². The highest BCUT2D eigenvalue weighted by Gasteiger charge is 2.35. The van der Waals surface area contributed by atoms with Crippen molar-refractivity contribution in [1.82, 2.24) is 14.8 Å². The molecule has 2 heterocycles. The Kier molecular flexibility index (Phi) is 4.55. The van der Waals surface area contributed by atoms with E-state index in [2.05, 4.69) is 4.98 Å². The van der Waals surface area contributed by atoms with Crippen LogP contribution in [0.4, 0.5) is 4.79 Å². The van der Waals surface area contributed by atoms with Crippen LogP contribution in [0.3, 0.4) is 0 Å². The summed E-state index contributed by atoms with van der Waals surface area (Å²) in [6.07, 6.45) is 3.67. The molecule has 108 valence electrons. The van der Waals surface area contributed by atoms with Gasteiger partial charge in [0.15, 0.2) is 0 Å². The van der Waals surface area contributed by atoms with E-state index in [9.17, 15) is 9.59 Å². The maximum absolute atomic E-state index is 12.2. The zero-order valence-electron chi connectivity index (χ0n) is 11.5. The van der Waals surface area contributed by atoms with Gasteiger partial charge in [0, 0.05) is 38.4 Å². The van der Waals surface area contributed by atoms with Crippen LogP contribution in [-0.2, 0) is 11.2 Å². The van der Waals surface area contributed by atoms with Crippen LogP contribution in [0.2, 0.25) is 0 Å². The molecule has 0 aromatic carbocycles. The minimum Gasteiger partial charge on any atom is -0.480 e. The third-order valence-electron chi connectivity index (χ3n) is 3.54. The molecule has 1 atom stereocenters. The SMILES string of the molecule is CN(CCc1ccccn1)C(=O)N1CCCC1C(=O)O. The highest BCUT2D eigenvalue weighted by Crippen LogP contribution is 2.18.